The van der Waals surface area contributed by atoms with E-state index in [1.807, 2.05) is 67.3 Å². The highest BCUT2D eigenvalue weighted by Gasteiger charge is 2.41. The molecule has 2 bridgehead atoms. The number of nitrogens with zero attached hydrogens (tertiary/aromatic N) is 1. The number of rotatable bonds is 3. The van der Waals surface area contributed by atoms with Gasteiger partial charge < -0.3 is 15.5 Å². The first-order chi connectivity index (χ1) is 14.0. The standard InChI is InChI=1S/C24H29N3O2/c1-16-9-11-18(12-10-16)23(28)25-20-14-21-7-4-8-22(15-20)27(21)24(29)26-19-6-3-5-17(2)13-19/h3,5-6,9-13,20-22H,4,7-8,14-15H2,1-2H3,(H,25,28)(H,26,29). The Balaban J connectivity index is 1.41. The fourth-order valence-electron chi connectivity index (χ4n) is 4.72. The molecule has 3 amide bonds. The molecule has 2 atom stereocenters. The predicted molar refractivity (Wildman–Crippen MR) is 115 cm³/mol. The number of carbonyl (C=O) groups is 2. The van der Waals surface area contributed by atoms with Crippen LogP contribution in [0.2, 0.25) is 0 Å². The van der Waals surface area contributed by atoms with Crippen LogP contribution < -0.4 is 10.6 Å². The number of hydrogen-bond donors (Lipinski definition) is 2. The average molecular weight is 392 g/mol. The molecule has 0 aromatic heterocycles. The number of carbonyl (C=O) groups excluding carboxylic acids is 2. The van der Waals surface area contributed by atoms with Crippen LogP contribution >= 0.6 is 0 Å². The smallest absolute Gasteiger partial charge is 0.322 e. The first-order valence-electron chi connectivity index (χ1n) is 10.5. The summed E-state index contributed by atoms with van der Waals surface area (Å²) in [6.45, 7) is 4.03. The van der Waals surface area contributed by atoms with Crippen LogP contribution in [0.3, 0.4) is 0 Å². The number of benzene rings is 2. The lowest BCUT2D eigenvalue weighted by Crippen LogP contribution is -2.59. The monoisotopic (exact) mass is 391 g/mol. The van der Waals surface area contributed by atoms with E-state index in [1.54, 1.807) is 0 Å². The molecule has 5 heteroatoms. The van der Waals surface area contributed by atoms with Crippen molar-refractivity contribution in [2.24, 2.45) is 0 Å². The summed E-state index contributed by atoms with van der Waals surface area (Å²) in [5.41, 5.74) is 3.80. The van der Waals surface area contributed by atoms with E-state index in [9.17, 15) is 9.59 Å². The van der Waals surface area contributed by atoms with Crippen LogP contribution in [-0.2, 0) is 0 Å². The molecule has 0 aliphatic carbocycles. The maximum absolute atomic E-state index is 13.0. The molecule has 5 nitrogen and oxygen atoms in total. The van der Waals surface area contributed by atoms with Crippen molar-refractivity contribution in [3.63, 3.8) is 0 Å². The van der Waals surface area contributed by atoms with Crippen molar-refractivity contribution < 1.29 is 9.59 Å². The van der Waals surface area contributed by atoms with Crippen molar-refractivity contribution in [3.05, 3.63) is 65.2 Å². The predicted octanol–water partition coefficient (Wildman–Crippen LogP) is 4.65. The van der Waals surface area contributed by atoms with Gasteiger partial charge in [-0.15, -0.1) is 0 Å². The van der Waals surface area contributed by atoms with E-state index >= 15 is 0 Å². The maximum Gasteiger partial charge on any atom is 0.322 e. The molecular formula is C24H29N3O2. The first-order valence-corrected chi connectivity index (χ1v) is 10.5. The summed E-state index contributed by atoms with van der Waals surface area (Å²) in [4.78, 5) is 27.7. The molecule has 2 heterocycles. The van der Waals surface area contributed by atoms with Crippen LogP contribution in [0, 0.1) is 13.8 Å². The molecule has 2 aliphatic rings. The fraction of sp³-hybridized carbons (Fsp3) is 0.417. The average Bonchev–Trinajstić information content (AvgIpc) is 2.67. The molecule has 0 spiro atoms. The van der Waals surface area contributed by atoms with Gasteiger partial charge in [0, 0.05) is 29.4 Å². The van der Waals surface area contributed by atoms with E-state index in [4.69, 9.17) is 0 Å². The highest BCUT2D eigenvalue weighted by atomic mass is 16.2. The molecule has 4 rings (SSSR count). The van der Waals surface area contributed by atoms with Crippen molar-refractivity contribution in [2.75, 3.05) is 5.32 Å². The third kappa shape index (κ3) is 4.44. The topological polar surface area (TPSA) is 61.4 Å². The number of amides is 3. The maximum atomic E-state index is 13.0. The van der Waals surface area contributed by atoms with Gasteiger partial charge in [0.15, 0.2) is 0 Å². The zero-order valence-electron chi connectivity index (χ0n) is 17.2. The Morgan fingerprint density at radius 2 is 1.62 bits per heavy atom. The van der Waals surface area contributed by atoms with E-state index < -0.39 is 0 Å². The Bertz CT molecular complexity index is 879. The zero-order chi connectivity index (χ0) is 20.4. The number of nitrogens with one attached hydrogen (secondary N) is 2. The van der Waals surface area contributed by atoms with Crippen LogP contribution in [0.5, 0.6) is 0 Å². The summed E-state index contributed by atoms with van der Waals surface area (Å²) < 4.78 is 0. The first kappa shape index (κ1) is 19.5. The second-order valence-electron chi connectivity index (χ2n) is 8.45. The number of urea groups is 1. The minimum absolute atomic E-state index is 0.0198. The molecule has 152 valence electrons. The Hall–Kier alpha value is -2.82. The van der Waals surface area contributed by atoms with Crippen molar-refractivity contribution in [1.29, 1.82) is 0 Å². The van der Waals surface area contributed by atoms with E-state index in [-0.39, 0.29) is 30.1 Å². The quantitative estimate of drug-likeness (QED) is 0.800. The lowest BCUT2D eigenvalue weighted by molar-refractivity contribution is 0.0577. The van der Waals surface area contributed by atoms with Gasteiger partial charge in [-0.05, 0) is 75.8 Å². The molecule has 2 aliphatic heterocycles. The summed E-state index contributed by atoms with van der Waals surface area (Å²) in [5.74, 6) is -0.0225. The van der Waals surface area contributed by atoms with Gasteiger partial charge in [0.1, 0.15) is 0 Å². The van der Waals surface area contributed by atoms with E-state index in [2.05, 4.69) is 10.6 Å². The van der Waals surface area contributed by atoms with Gasteiger partial charge in [-0.1, -0.05) is 29.8 Å². The molecule has 2 unspecified atom stereocenters. The highest BCUT2D eigenvalue weighted by Crippen LogP contribution is 2.34. The van der Waals surface area contributed by atoms with Crippen molar-refractivity contribution in [1.82, 2.24) is 10.2 Å². The van der Waals surface area contributed by atoms with E-state index in [0.29, 0.717) is 5.56 Å². The van der Waals surface area contributed by atoms with Gasteiger partial charge >= 0.3 is 6.03 Å². The summed E-state index contributed by atoms with van der Waals surface area (Å²) in [5, 5.41) is 6.27. The molecule has 2 saturated heterocycles. The molecule has 2 aromatic carbocycles. The minimum atomic E-state index is -0.0225. The molecule has 0 radical (unpaired) electrons. The highest BCUT2D eigenvalue weighted by molar-refractivity contribution is 5.94. The van der Waals surface area contributed by atoms with Gasteiger partial charge in [0.25, 0.3) is 5.91 Å². The Labute approximate surface area is 172 Å². The SMILES string of the molecule is Cc1ccc(C(=O)NC2CC3CCCC(C2)N3C(=O)Nc2cccc(C)c2)cc1. The lowest BCUT2D eigenvalue weighted by Gasteiger charge is -2.48. The van der Waals surface area contributed by atoms with Gasteiger partial charge in [-0.2, -0.15) is 0 Å². The number of piperidine rings is 2. The third-order valence-corrected chi connectivity index (χ3v) is 6.13. The Kier molecular flexibility index (Phi) is 5.56. The third-order valence-electron chi connectivity index (χ3n) is 6.13. The molecule has 29 heavy (non-hydrogen) atoms. The summed E-state index contributed by atoms with van der Waals surface area (Å²) in [6, 6.07) is 16.0. The Morgan fingerprint density at radius 1 is 0.931 bits per heavy atom. The summed E-state index contributed by atoms with van der Waals surface area (Å²) in [6.07, 6.45) is 4.76. The number of fused-ring (bicyclic) bond motifs is 2. The molecular weight excluding hydrogens is 362 g/mol. The van der Waals surface area contributed by atoms with Crippen LogP contribution in [0.1, 0.15) is 53.6 Å². The fourth-order valence-corrected chi connectivity index (χ4v) is 4.72. The van der Waals surface area contributed by atoms with Crippen LogP contribution in [0.25, 0.3) is 0 Å². The van der Waals surface area contributed by atoms with Gasteiger partial charge in [0.2, 0.25) is 0 Å². The second kappa shape index (κ2) is 8.27. The van der Waals surface area contributed by atoms with E-state index in [0.717, 1.165) is 48.9 Å². The molecule has 0 saturated carbocycles. The molecule has 2 fully saturated rings. The van der Waals surface area contributed by atoms with Crippen LogP contribution in [0.15, 0.2) is 48.5 Å². The van der Waals surface area contributed by atoms with E-state index in [1.165, 1.54) is 0 Å². The lowest BCUT2D eigenvalue weighted by atomic mass is 9.82. The second-order valence-corrected chi connectivity index (χ2v) is 8.45. The van der Waals surface area contributed by atoms with Crippen molar-refractivity contribution >= 4 is 17.6 Å². The number of aryl methyl sites for hydroxylation is 2. The van der Waals surface area contributed by atoms with Gasteiger partial charge in [0.05, 0.1) is 0 Å². The van der Waals surface area contributed by atoms with Crippen LogP contribution in [-0.4, -0.2) is 35.0 Å². The zero-order valence-corrected chi connectivity index (χ0v) is 17.2. The Morgan fingerprint density at radius 3 is 2.28 bits per heavy atom. The van der Waals surface area contributed by atoms with Crippen LogP contribution in [0.4, 0.5) is 10.5 Å². The summed E-state index contributed by atoms with van der Waals surface area (Å²) >= 11 is 0. The molecule has 2 aromatic rings. The number of anilines is 1. The van der Waals surface area contributed by atoms with Crippen molar-refractivity contribution in [2.45, 2.75) is 64.1 Å². The largest absolute Gasteiger partial charge is 0.349 e. The minimum Gasteiger partial charge on any atom is -0.349 e. The molecule has 2 N–H and O–H groups in total. The number of hydrogen-bond acceptors (Lipinski definition) is 2. The normalized spacial score (nSPS) is 23.4. The van der Waals surface area contributed by atoms with Gasteiger partial charge in [-0.25, -0.2) is 4.79 Å². The van der Waals surface area contributed by atoms with Gasteiger partial charge in [-0.3, -0.25) is 4.79 Å². The van der Waals surface area contributed by atoms with Crippen molar-refractivity contribution in [3.8, 4) is 0 Å². The summed E-state index contributed by atoms with van der Waals surface area (Å²) in [7, 11) is 0.